The van der Waals surface area contributed by atoms with E-state index in [0.717, 1.165) is 22.4 Å². The average Bonchev–Trinajstić information content (AvgIpc) is 3.39. The first-order chi connectivity index (χ1) is 15.0. The minimum absolute atomic E-state index is 0.0172. The topological polar surface area (TPSA) is 117 Å². The van der Waals surface area contributed by atoms with E-state index in [1.807, 2.05) is 30.3 Å². The van der Waals surface area contributed by atoms with Gasteiger partial charge < -0.3 is 10.0 Å². The number of hydrogen-bond acceptors (Lipinski definition) is 6. The molecule has 9 heteroatoms. The van der Waals surface area contributed by atoms with E-state index in [9.17, 15) is 19.5 Å². The average molecular weight is 417 g/mol. The zero-order valence-corrected chi connectivity index (χ0v) is 16.5. The first kappa shape index (κ1) is 19.1. The quantitative estimate of drug-likeness (QED) is 0.616. The molecule has 156 valence electrons. The van der Waals surface area contributed by atoms with Crippen LogP contribution in [0.4, 0.5) is 0 Å². The molecule has 1 unspecified atom stereocenters. The van der Waals surface area contributed by atoms with Crippen molar-refractivity contribution >= 4 is 17.7 Å². The van der Waals surface area contributed by atoms with E-state index in [2.05, 4.69) is 15.6 Å². The molecule has 1 atom stereocenters. The number of piperidine rings is 1. The van der Waals surface area contributed by atoms with Gasteiger partial charge in [0.15, 0.2) is 0 Å². The van der Waals surface area contributed by atoms with Crippen molar-refractivity contribution in [3.05, 3.63) is 65.4 Å². The van der Waals surface area contributed by atoms with Gasteiger partial charge in [0.1, 0.15) is 11.7 Å². The first-order valence-corrected chi connectivity index (χ1v) is 9.94. The number of aliphatic hydroxyl groups is 1. The molecule has 0 aliphatic carbocycles. The summed E-state index contributed by atoms with van der Waals surface area (Å²) in [7, 11) is 0. The largest absolute Gasteiger partial charge is 0.392 e. The van der Waals surface area contributed by atoms with Crippen LogP contribution in [-0.2, 0) is 22.7 Å². The van der Waals surface area contributed by atoms with Crippen LogP contribution >= 0.6 is 0 Å². The highest BCUT2D eigenvalue weighted by Crippen LogP contribution is 2.29. The van der Waals surface area contributed by atoms with Crippen LogP contribution in [-0.4, -0.2) is 48.8 Å². The van der Waals surface area contributed by atoms with Crippen LogP contribution in [0.25, 0.3) is 16.9 Å². The van der Waals surface area contributed by atoms with E-state index < -0.39 is 11.9 Å². The minimum Gasteiger partial charge on any atom is -0.392 e. The maximum Gasteiger partial charge on any atom is 0.255 e. The molecular weight excluding hydrogens is 398 g/mol. The molecule has 1 fully saturated rings. The Kier molecular flexibility index (Phi) is 4.59. The van der Waals surface area contributed by atoms with E-state index in [0.29, 0.717) is 24.2 Å². The second kappa shape index (κ2) is 7.44. The Balaban J connectivity index is 1.39. The number of hydrogen-bond donors (Lipinski definition) is 2. The Hall–Kier alpha value is -3.85. The molecule has 31 heavy (non-hydrogen) atoms. The number of fused-ring (bicyclic) bond motifs is 1. The number of carbonyl (C=O) groups is 3. The van der Waals surface area contributed by atoms with Gasteiger partial charge in [-0.15, -0.1) is 5.10 Å². The van der Waals surface area contributed by atoms with E-state index in [-0.39, 0.29) is 24.8 Å². The van der Waals surface area contributed by atoms with Crippen LogP contribution in [0.2, 0.25) is 0 Å². The molecule has 2 aliphatic heterocycles. The molecule has 9 nitrogen and oxygen atoms in total. The monoisotopic (exact) mass is 417 g/mol. The van der Waals surface area contributed by atoms with Crippen LogP contribution in [0.15, 0.2) is 48.7 Å². The fourth-order valence-electron chi connectivity index (χ4n) is 4.01. The van der Waals surface area contributed by atoms with Gasteiger partial charge in [0, 0.05) is 24.1 Å². The summed E-state index contributed by atoms with van der Waals surface area (Å²) < 4.78 is 1.63. The zero-order valence-electron chi connectivity index (χ0n) is 16.5. The van der Waals surface area contributed by atoms with Crippen molar-refractivity contribution in [1.29, 1.82) is 0 Å². The van der Waals surface area contributed by atoms with Gasteiger partial charge in [-0.25, -0.2) is 4.68 Å². The Morgan fingerprint density at radius 3 is 2.65 bits per heavy atom. The lowest BCUT2D eigenvalue weighted by molar-refractivity contribution is -0.136. The van der Waals surface area contributed by atoms with Crippen LogP contribution in [0, 0.1) is 0 Å². The summed E-state index contributed by atoms with van der Waals surface area (Å²) >= 11 is 0. The molecule has 0 saturated carbocycles. The summed E-state index contributed by atoms with van der Waals surface area (Å²) in [4.78, 5) is 37.9. The van der Waals surface area contributed by atoms with Crippen molar-refractivity contribution < 1.29 is 19.5 Å². The molecule has 2 aliphatic rings. The lowest BCUT2D eigenvalue weighted by Crippen LogP contribution is -2.52. The predicted molar refractivity (Wildman–Crippen MR) is 109 cm³/mol. The molecule has 0 spiro atoms. The van der Waals surface area contributed by atoms with Crippen LogP contribution in [0.1, 0.15) is 34.3 Å². The first-order valence-electron chi connectivity index (χ1n) is 9.94. The van der Waals surface area contributed by atoms with Crippen molar-refractivity contribution in [2.45, 2.75) is 32.0 Å². The number of nitrogens with zero attached hydrogens (tertiary/aromatic N) is 4. The highest BCUT2D eigenvalue weighted by Gasteiger charge is 2.39. The summed E-state index contributed by atoms with van der Waals surface area (Å²) in [5.74, 6) is -0.939. The van der Waals surface area contributed by atoms with Gasteiger partial charge in [0.25, 0.3) is 5.91 Å². The van der Waals surface area contributed by atoms with Crippen molar-refractivity contribution in [3.63, 3.8) is 0 Å². The number of rotatable bonds is 4. The third kappa shape index (κ3) is 3.38. The molecule has 1 aromatic heterocycles. The number of aromatic nitrogens is 3. The molecule has 2 aromatic carbocycles. The smallest absolute Gasteiger partial charge is 0.255 e. The Morgan fingerprint density at radius 1 is 1.10 bits per heavy atom. The standard InChI is InChI=1S/C22H19N5O4/c28-12-13-1-3-14(4-2-13)18-11-27(25-24-18)16-5-6-17-15(9-16)10-26(22(17)31)19-7-8-20(29)23-21(19)30/h1-6,9,11,19,28H,7-8,10,12H2,(H,23,29,30). The Bertz CT molecular complexity index is 1200. The highest BCUT2D eigenvalue weighted by molar-refractivity contribution is 6.05. The molecule has 1 saturated heterocycles. The zero-order chi connectivity index (χ0) is 21.5. The van der Waals surface area contributed by atoms with E-state index in [1.165, 1.54) is 4.90 Å². The van der Waals surface area contributed by atoms with Crippen molar-refractivity contribution in [3.8, 4) is 16.9 Å². The number of imide groups is 1. The number of aliphatic hydroxyl groups excluding tert-OH is 1. The number of benzene rings is 2. The molecule has 3 aromatic rings. The van der Waals surface area contributed by atoms with Gasteiger partial charge in [-0.1, -0.05) is 29.5 Å². The number of carbonyl (C=O) groups excluding carboxylic acids is 3. The van der Waals surface area contributed by atoms with Gasteiger partial charge in [-0.3, -0.25) is 19.7 Å². The van der Waals surface area contributed by atoms with Gasteiger partial charge in [0.05, 0.1) is 18.5 Å². The van der Waals surface area contributed by atoms with E-state index >= 15 is 0 Å². The van der Waals surface area contributed by atoms with Crippen molar-refractivity contribution in [2.75, 3.05) is 0 Å². The van der Waals surface area contributed by atoms with Gasteiger partial charge in [-0.2, -0.15) is 0 Å². The molecule has 0 bridgehead atoms. The number of nitrogens with one attached hydrogen (secondary N) is 1. The summed E-state index contributed by atoms with van der Waals surface area (Å²) in [6.45, 7) is 0.287. The maximum absolute atomic E-state index is 12.8. The van der Waals surface area contributed by atoms with Crippen molar-refractivity contribution in [2.24, 2.45) is 0 Å². The summed E-state index contributed by atoms with van der Waals surface area (Å²) in [6.07, 6.45) is 2.35. The minimum atomic E-state index is -0.638. The lowest BCUT2D eigenvalue weighted by Gasteiger charge is -2.29. The Labute approximate surface area is 177 Å². The molecular formula is C22H19N5O4. The lowest BCUT2D eigenvalue weighted by atomic mass is 10.0. The van der Waals surface area contributed by atoms with Gasteiger partial charge >= 0.3 is 0 Å². The maximum atomic E-state index is 12.8. The van der Waals surface area contributed by atoms with Crippen LogP contribution < -0.4 is 5.32 Å². The molecule has 3 amide bonds. The third-order valence-corrected chi connectivity index (χ3v) is 5.70. The molecule has 0 radical (unpaired) electrons. The third-order valence-electron chi connectivity index (χ3n) is 5.70. The van der Waals surface area contributed by atoms with Gasteiger partial charge in [-0.05, 0) is 35.7 Å². The fourth-order valence-corrected chi connectivity index (χ4v) is 4.01. The van der Waals surface area contributed by atoms with Crippen LogP contribution in [0.3, 0.4) is 0 Å². The summed E-state index contributed by atoms with van der Waals surface area (Å²) in [6, 6.07) is 12.2. The molecule has 2 N–H and O–H groups in total. The number of amides is 3. The Morgan fingerprint density at radius 2 is 1.90 bits per heavy atom. The normalized spacial score (nSPS) is 18.3. The SMILES string of the molecule is O=C1CCC(N2Cc3cc(-n4cc(-c5ccc(CO)cc5)nn4)ccc3C2=O)C(=O)N1. The van der Waals surface area contributed by atoms with Crippen molar-refractivity contribution in [1.82, 2.24) is 25.2 Å². The second-order valence-corrected chi connectivity index (χ2v) is 7.64. The summed E-state index contributed by atoms with van der Waals surface area (Å²) in [5, 5.41) is 19.9. The second-order valence-electron chi connectivity index (χ2n) is 7.64. The van der Waals surface area contributed by atoms with Crippen LogP contribution in [0.5, 0.6) is 0 Å². The van der Waals surface area contributed by atoms with Gasteiger partial charge in [0.2, 0.25) is 11.8 Å². The summed E-state index contributed by atoms with van der Waals surface area (Å²) in [5.41, 5.74) is 4.49. The molecule has 5 rings (SSSR count). The van der Waals surface area contributed by atoms with E-state index in [1.54, 1.807) is 23.0 Å². The fraction of sp³-hybridized carbons (Fsp3) is 0.227. The highest BCUT2D eigenvalue weighted by atomic mass is 16.3. The van der Waals surface area contributed by atoms with E-state index in [4.69, 9.17) is 0 Å². The molecule has 3 heterocycles. The predicted octanol–water partition coefficient (Wildman–Crippen LogP) is 1.19.